The SMILES string of the molecule is CN(CCOCCOCCOCCOCCOCCOCCOCCOCCOCCOCc1ccccc1)C(=O)OCC1c2ccccc2-c2ccccc21. The molecule has 1 aliphatic rings. The lowest BCUT2D eigenvalue weighted by Crippen LogP contribution is -2.32. The summed E-state index contributed by atoms with van der Waals surface area (Å²) in [6.45, 7) is 10.7. The van der Waals surface area contributed by atoms with Gasteiger partial charge in [-0.1, -0.05) is 78.9 Å². The van der Waals surface area contributed by atoms with Gasteiger partial charge in [0.25, 0.3) is 0 Å². The Morgan fingerprint density at radius 3 is 1.20 bits per heavy atom. The van der Waals surface area contributed by atoms with Crippen molar-refractivity contribution in [3.05, 3.63) is 95.6 Å². The number of likely N-dealkylation sites (N-methyl/N-ethyl adjacent to an activating group) is 1. The molecule has 0 radical (unpaired) electrons. The monoisotopic (exact) mass is 783 g/mol. The fraction of sp³-hybridized carbons (Fsp3) is 0.558. The van der Waals surface area contributed by atoms with Crippen LogP contribution in [0.4, 0.5) is 4.79 Å². The summed E-state index contributed by atoms with van der Waals surface area (Å²) in [5, 5.41) is 0. The average molecular weight is 784 g/mol. The second-order valence-corrected chi connectivity index (χ2v) is 12.8. The quantitative estimate of drug-likeness (QED) is 0.0738. The average Bonchev–Trinajstić information content (AvgIpc) is 3.55. The number of nitrogens with zero attached hydrogens (tertiary/aromatic N) is 1. The van der Waals surface area contributed by atoms with Gasteiger partial charge in [-0.05, 0) is 27.8 Å². The zero-order valence-electron chi connectivity index (χ0n) is 33.0. The van der Waals surface area contributed by atoms with Crippen molar-refractivity contribution in [1.29, 1.82) is 0 Å². The van der Waals surface area contributed by atoms with Gasteiger partial charge in [0.2, 0.25) is 0 Å². The van der Waals surface area contributed by atoms with Crippen molar-refractivity contribution in [2.24, 2.45) is 0 Å². The Morgan fingerprint density at radius 1 is 0.446 bits per heavy atom. The van der Waals surface area contributed by atoms with Crippen molar-refractivity contribution in [3.8, 4) is 11.1 Å². The van der Waals surface area contributed by atoms with Crippen LogP contribution in [0.25, 0.3) is 11.1 Å². The van der Waals surface area contributed by atoms with Gasteiger partial charge in [0.1, 0.15) is 6.61 Å². The molecule has 1 aliphatic carbocycles. The summed E-state index contributed by atoms with van der Waals surface area (Å²) in [7, 11) is 1.72. The van der Waals surface area contributed by atoms with Crippen molar-refractivity contribution in [2.75, 3.05) is 146 Å². The Labute approximate surface area is 332 Å². The van der Waals surface area contributed by atoms with Crippen LogP contribution in [0.15, 0.2) is 78.9 Å². The predicted molar refractivity (Wildman–Crippen MR) is 211 cm³/mol. The Kier molecular flexibility index (Phi) is 24.0. The van der Waals surface area contributed by atoms with E-state index >= 15 is 0 Å². The van der Waals surface area contributed by atoms with Crippen LogP contribution < -0.4 is 0 Å². The lowest BCUT2D eigenvalue weighted by Gasteiger charge is -2.19. The summed E-state index contributed by atoms with van der Waals surface area (Å²) in [5.74, 6) is 0.0386. The molecule has 0 spiro atoms. The number of hydrogen-bond donors (Lipinski definition) is 0. The van der Waals surface area contributed by atoms with Crippen LogP contribution in [-0.2, 0) is 58.7 Å². The van der Waals surface area contributed by atoms with Crippen molar-refractivity contribution in [3.63, 3.8) is 0 Å². The summed E-state index contributed by atoms with van der Waals surface area (Å²) in [6.07, 6.45) is -0.364. The number of hydrogen-bond acceptors (Lipinski definition) is 12. The number of carbonyl (C=O) groups is 1. The molecular weight excluding hydrogens is 722 g/mol. The molecule has 0 fully saturated rings. The first-order valence-corrected chi connectivity index (χ1v) is 19.6. The van der Waals surface area contributed by atoms with E-state index in [2.05, 4.69) is 24.3 Å². The minimum atomic E-state index is -0.364. The zero-order valence-corrected chi connectivity index (χ0v) is 33.0. The molecule has 13 nitrogen and oxygen atoms in total. The summed E-state index contributed by atoms with van der Waals surface area (Å²) >= 11 is 0. The third-order valence-corrected chi connectivity index (χ3v) is 8.68. The molecule has 13 heteroatoms. The Bertz CT molecular complexity index is 1390. The topological polar surface area (TPSA) is 122 Å². The second-order valence-electron chi connectivity index (χ2n) is 12.8. The molecule has 3 aromatic carbocycles. The van der Waals surface area contributed by atoms with Crippen molar-refractivity contribution in [2.45, 2.75) is 12.5 Å². The largest absolute Gasteiger partial charge is 0.448 e. The molecule has 0 N–H and O–H groups in total. The Hall–Kier alpha value is -3.47. The van der Waals surface area contributed by atoms with Crippen molar-refractivity contribution < 1.29 is 56.9 Å². The van der Waals surface area contributed by atoms with E-state index in [1.165, 1.54) is 27.2 Å². The van der Waals surface area contributed by atoms with E-state index in [0.29, 0.717) is 145 Å². The zero-order chi connectivity index (χ0) is 39.1. The van der Waals surface area contributed by atoms with Gasteiger partial charge in [-0.2, -0.15) is 0 Å². The molecule has 0 aromatic heterocycles. The maximum Gasteiger partial charge on any atom is 0.409 e. The van der Waals surface area contributed by atoms with Crippen LogP contribution in [0.1, 0.15) is 22.6 Å². The van der Waals surface area contributed by atoms with Crippen molar-refractivity contribution in [1.82, 2.24) is 4.90 Å². The van der Waals surface area contributed by atoms with Crippen molar-refractivity contribution >= 4 is 6.09 Å². The van der Waals surface area contributed by atoms with Crippen LogP contribution in [0.3, 0.4) is 0 Å². The highest BCUT2D eigenvalue weighted by molar-refractivity contribution is 5.79. The molecule has 0 saturated carbocycles. The number of benzene rings is 3. The molecule has 0 bridgehead atoms. The van der Waals surface area contributed by atoms with Gasteiger partial charge in [0.05, 0.1) is 132 Å². The van der Waals surface area contributed by atoms with E-state index in [9.17, 15) is 4.79 Å². The summed E-state index contributed by atoms with van der Waals surface area (Å²) in [5.41, 5.74) is 5.95. The molecule has 310 valence electrons. The van der Waals surface area contributed by atoms with Gasteiger partial charge >= 0.3 is 6.09 Å². The third-order valence-electron chi connectivity index (χ3n) is 8.68. The number of ether oxygens (including phenoxy) is 11. The first-order chi connectivity index (χ1) is 27.7. The number of carbonyl (C=O) groups excluding carboxylic acids is 1. The molecule has 0 aliphatic heterocycles. The van der Waals surface area contributed by atoms with E-state index in [-0.39, 0.29) is 12.0 Å². The predicted octanol–water partition coefficient (Wildman–Crippen LogP) is 5.23. The lowest BCUT2D eigenvalue weighted by atomic mass is 9.98. The fourth-order valence-electron chi connectivity index (χ4n) is 5.74. The lowest BCUT2D eigenvalue weighted by molar-refractivity contribution is -0.0268. The molecule has 0 heterocycles. The normalized spacial score (nSPS) is 12.2. The maximum absolute atomic E-state index is 12.6. The van der Waals surface area contributed by atoms with Crippen LogP contribution in [0.5, 0.6) is 0 Å². The molecule has 1 amide bonds. The Balaban J connectivity index is 0.802. The van der Waals surface area contributed by atoms with Crippen LogP contribution in [-0.4, -0.2) is 157 Å². The number of fused-ring (bicyclic) bond motifs is 3. The fourth-order valence-corrected chi connectivity index (χ4v) is 5.74. The molecule has 3 aromatic rings. The van der Waals surface area contributed by atoms with Gasteiger partial charge in [0, 0.05) is 19.5 Å². The molecule has 0 atom stereocenters. The van der Waals surface area contributed by atoms with Crippen LogP contribution >= 0.6 is 0 Å². The standard InChI is InChI=1S/C43H61NO12/c1-44(43(45)56-36-42-40-13-7-5-11-38(40)39-12-6-8-14-41(39)42)15-16-46-17-18-47-19-20-48-21-22-49-23-24-50-25-26-51-27-28-52-29-30-53-31-32-54-33-34-55-35-37-9-3-2-4-10-37/h2-14,42H,15-36H2,1H3. The Morgan fingerprint density at radius 2 is 0.786 bits per heavy atom. The van der Waals surface area contributed by atoms with E-state index < -0.39 is 0 Å². The first kappa shape index (κ1) is 45.2. The molecule has 0 saturated heterocycles. The minimum absolute atomic E-state index is 0.0386. The van der Waals surface area contributed by atoms with Gasteiger partial charge in [0.15, 0.2) is 0 Å². The van der Waals surface area contributed by atoms with Gasteiger partial charge in [-0.25, -0.2) is 4.79 Å². The first-order valence-electron chi connectivity index (χ1n) is 19.6. The molecule has 56 heavy (non-hydrogen) atoms. The summed E-state index contributed by atoms with van der Waals surface area (Å²) in [4.78, 5) is 14.2. The highest BCUT2D eigenvalue weighted by Crippen LogP contribution is 2.44. The van der Waals surface area contributed by atoms with E-state index in [1.54, 1.807) is 7.05 Å². The third kappa shape index (κ3) is 18.6. The number of amides is 1. The smallest absolute Gasteiger partial charge is 0.409 e. The summed E-state index contributed by atoms with van der Waals surface area (Å²) in [6, 6.07) is 26.7. The van der Waals surface area contributed by atoms with E-state index in [1.807, 2.05) is 54.6 Å². The van der Waals surface area contributed by atoms with Gasteiger partial charge in [-0.3, -0.25) is 0 Å². The van der Waals surface area contributed by atoms with E-state index in [0.717, 1.165) is 5.56 Å². The number of rotatable bonds is 34. The highest BCUT2D eigenvalue weighted by atomic mass is 16.6. The minimum Gasteiger partial charge on any atom is -0.448 e. The van der Waals surface area contributed by atoms with Gasteiger partial charge in [-0.15, -0.1) is 0 Å². The molecule has 4 rings (SSSR count). The van der Waals surface area contributed by atoms with E-state index in [4.69, 9.17) is 52.1 Å². The van der Waals surface area contributed by atoms with Gasteiger partial charge < -0.3 is 57.0 Å². The van der Waals surface area contributed by atoms with Crippen LogP contribution in [0.2, 0.25) is 0 Å². The highest BCUT2D eigenvalue weighted by Gasteiger charge is 2.29. The second kappa shape index (κ2) is 29.7. The van der Waals surface area contributed by atoms with Crippen LogP contribution in [0, 0.1) is 0 Å². The summed E-state index contributed by atoms with van der Waals surface area (Å²) < 4.78 is 61.0. The maximum atomic E-state index is 12.6. The molecule has 0 unspecified atom stereocenters. The molecular formula is C43H61NO12.